The molecule has 0 saturated heterocycles. The van der Waals surface area contributed by atoms with Crippen LogP contribution in [0.25, 0.3) is 10.8 Å². The van der Waals surface area contributed by atoms with Crippen LogP contribution in [0.3, 0.4) is 0 Å². The summed E-state index contributed by atoms with van der Waals surface area (Å²) in [6, 6.07) is 21.1. The van der Waals surface area contributed by atoms with Crippen molar-refractivity contribution in [3.05, 3.63) is 81.8 Å². The van der Waals surface area contributed by atoms with Gasteiger partial charge in [0.2, 0.25) is 0 Å². The second-order valence-corrected chi connectivity index (χ2v) is 6.18. The minimum Gasteiger partial charge on any atom is -0.271 e. The maximum atomic E-state index is 5.82. The Morgan fingerprint density at radius 1 is 0.905 bits per heavy atom. The highest BCUT2D eigenvalue weighted by Gasteiger charge is 2.13. The van der Waals surface area contributed by atoms with Gasteiger partial charge in [0.25, 0.3) is 0 Å². The van der Waals surface area contributed by atoms with Crippen molar-refractivity contribution >= 4 is 26.7 Å². The second kappa shape index (κ2) is 5.98. The molecule has 0 bridgehead atoms. The molecule has 3 N–H and O–H groups in total. The quantitative estimate of drug-likeness (QED) is 0.545. The van der Waals surface area contributed by atoms with Gasteiger partial charge >= 0.3 is 0 Å². The molecule has 0 heterocycles. The SMILES string of the molecule is Cc1cc(Br)cc(C(NN)c2ccc3ccccc3c2)c1. The Bertz CT molecular complexity index is 763. The summed E-state index contributed by atoms with van der Waals surface area (Å²) in [5.74, 6) is 5.82. The summed E-state index contributed by atoms with van der Waals surface area (Å²) in [6.45, 7) is 2.09. The fraction of sp³-hybridized carbons (Fsp3) is 0.111. The third-order valence-electron chi connectivity index (χ3n) is 3.67. The molecule has 0 spiro atoms. The van der Waals surface area contributed by atoms with Gasteiger partial charge < -0.3 is 0 Å². The van der Waals surface area contributed by atoms with E-state index in [4.69, 9.17) is 5.84 Å². The Labute approximate surface area is 133 Å². The number of halogens is 1. The van der Waals surface area contributed by atoms with Gasteiger partial charge in [-0.2, -0.15) is 0 Å². The lowest BCUT2D eigenvalue weighted by Crippen LogP contribution is -2.28. The minimum absolute atomic E-state index is 0.0224. The molecule has 0 aromatic heterocycles. The Morgan fingerprint density at radius 3 is 2.38 bits per heavy atom. The smallest absolute Gasteiger partial charge is 0.0710 e. The van der Waals surface area contributed by atoms with Crippen LogP contribution in [0.15, 0.2) is 65.1 Å². The van der Waals surface area contributed by atoms with E-state index >= 15 is 0 Å². The van der Waals surface area contributed by atoms with Gasteiger partial charge in [-0.25, -0.2) is 5.43 Å². The van der Waals surface area contributed by atoms with E-state index in [2.05, 4.69) is 88.9 Å². The highest BCUT2D eigenvalue weighted by atomic mass is 79.9. The van der Waals surface area contributed by atoms with E-state index in [0.717, 1.165) is 15.6 Å². The molecular formula is C18H17BrN2. The van der Waals surface area contributed by atoms with Crippen LogP contribution in [-0.2, 0) is 0 Å². The fourth-order valence-corrected chi connectivity index (χ4v) is 3.33. The predicted octanol–water partition coefficient (Wildman–Crippen LogP) is 4.46. The molecule has 3 rings (SSSR count). The first-order valence-electron chi connectivity index (χ1n) is 6.89. The third kappa shape index (κ3) is 3.00. The van der Waals surface area contributed by atoms with E-state index in [1.807, 2.05) is 0 Å². The van der Waals surface area contributed by atoms with Crippen molar-refractivity contribution in [1.82, 2.24) is 5.43 Å². The molecule has 0 saturated carbocycles. The molecule has 0 aliphatic carbocycles. The van der Waals surface area contributed by atoms with Crippen LogP contribution in [0, 0.1) is 6.92 Å². The topological polar surface area (TPSA) is 38.0 Å². The van der Waals surface area contributed by atoms with Crippen LogP contribution in [-0.4, -0.2) is 0 Å². The zero-order chi connectivity index (χ0) is 14.8. The van der Waals surface area contributed by atoms with Gasteiger partial charge in [0.1, 0.15) is 0 Å². The van der Waals surface area contributed by atoms with Crippen molar-refractivity contribution in [1.29, 1.82) is 0 Å². The number of hydrogen-bond donors (Lipinski definition) is 2. The molecule has 0 fully saturated rings. The van der Waals surface area contributed by atoms with Crippen molar-refractivity contribution in [2.45, 2.75) is 13.0 Å². The maximum absolute atomic E-state index is 5.82. The standard InChI is InChI=1S/C18H17BrN2/c1-12-8-16(11-17(19)9-12)18(21-20)15-7-6-13-4-2-3-5-14(13)10-15/h2-11,18,21H,20H2,1H3. The van der Waals surface area contributed by atoms with Crippen LogP contribution in [0.4, 0.5) is 0 Å². The van der Waals surface area contributed by atoms with Crippen molar-refractivity contribution in [2.24, 2.45) is 5.84 Å². The lowest BCUT2D eigenvalue weighted by molar-refractivity contribution is 0.637. The van der Waals surface area contributed by atoms with Crippen LogP contribution < -0.4 is 11.3 Å². The molecule has 106 valence electrons. The van der Waals surface area contributed by atoms with E-state index in [1.54, 1.807) is 0 Å². The number of benzene rings is 3. The first-order valence-corrected chi connectivity index (χ1v) is 7.68. The Morgan fingerprint density at radius 2 is 1.67 bits per heavy atom. The molecule has 21 heavy (non-hydrogen) atoms. The average Bonchev–Trinajstić information content (AvgIpc) is 2.47. The molecule has 3 aromatic rings. The van der Waals surface area contributed by atoms with Gasteiger partial charge in [-0.15, -0.1) is 0 Å². The zero-order valence-corrected chi connectivity index (χ0v) is 13.4. The van der Waals surface area contributed by atoms with Gasteiger partial charge in [0.15, 0.2) is 0 Å². The molecular weight excluding hydrogens is 324 g/mol. The number of nitrogens with two attached hydrogens (primary N) is 1. The lowest BCUT2D eigenvalue weighted by atomic mass is 9.96. The van der Waals surface area contributed by atoms with E-state index in [-0.39, 0.29) is 6.04 Å². The summed E-state index contributed by atoms with van der Waals surface area (Å²) < 4.78 is 1.07. The number of fused-ring (bicyclic) bond motifs is 1. The van der Waals surface area contributed by atoms with Crippen molar-refractivity contribution in [2.75, 3.05) is 0 Å². The Hall–Kier alpha value is -1.68. The molecule has 1 unspecified atom stereocenters. The maximum Gasteiger partial charge on any atom is 0.0710 e. The normalized spacial score (nSPS) is 12.5. The number of aryl methyl sites for hydroxylation is 1. The van der Waals surface area contributed by atoms with Crippen LogP contribution in [0.1, 0.15) is 22.7 Å². The van der Waals surface area contributed by atoms with E-state index < -0.39 is 0 Å². The van der Waals surface area contributed by atoms with E-state index in [0.29, 0.717) is 0 Å². The number of hydrazine groups is 1. The van der Waals surface area contributed by atoms with Gasteiger partial charge in [0, 0.05) is 4.47 Å². The Balaban J connectivity index is 2.08. The van der Waals surface area contributed by atoms with Crippen molar-refractivity contribution in [3.63, 3.8) is 0 Å². The summed E-state index contributed by atoms with van der Waals surface area (Å²) in [5.41, 5.74) is 6.45. The first kappa shape index (κ1) is 14.3. The molecule has 0 radical (unpaired) electrons. The fourth-order valence-electron chi connectivity index (χ4n) is 2.70. The minimum atomic E-state index is -0.0224. The van der Waals surface area contributed by atoms with Gasteiger partial charge in [0.05, 0.1) is 6.04 Å². The molecule has 0 amide bonds. The summed E-state index contributed by atoms with van der Waals surface area (Å²) >= 11 is 3.55. The molecule has 3 aromatic carbocycles. The van der Waals surface area contributed by atoms with Crippen LogP contribution in [0.2, 0.25) is 0 Å². The second-order valence-electron chi connectivity index (χ2n) is 5.27. The zero-order valence-electron chi connectivity index (χ0n) is 11.8. The van der Waals surface area contributed by atoms with Crippen molar-refractivity contribution < 1.29 is 0 Å². The lowest BCUT2D eigenvalue weighted by Gasteiger charge is -2.18. The van der Waals surface area contributed by atoms with E-state index in [1.165, 1.54) is 16.3 Å². The number of rotatable bonds is 3. The van der Waals surface area contributed by atoms with E-state index in [9.17, 15) is 0 Å². The Kier molecular flexibility index (Phi) is 4.06. The molecule has 0 aliphatic heterocycles. The molecule has 0 aliphatic rings. The number of nitrogens with one attached hydrogen (secondary N) is 1. The summed E-state index contributed by atoms with van der Waals surface area (Å²) in [6.07, 6.45) is 0. The number of hydrogen-bond acceptors (Lipinski definition) is 2. The molecule has 3 heteroatoms. The van der Waals surface area contributed by atoms with Crippen LogP contribution >= 0.6 is 15.9 Å². The predicted molar refractivity (Wildman–Crippen MR) is 92.0 cm³/mol. The monoisotopic (exact) mass is 340 g/mol. The first-order chi connectivity index (χ1) is 10.2. The highest BCUT2D eigenvalue weighted by Crippen LogP contribution is 2.27. The third-order valence-corrected chi connectivity index (χ3v) is 4.13. The molecule has 2 nitrogen and oxygen atoms in total. The average molecular weight is 341 g/mol. The molecule has 1 atom stereocenters. The van der Waals surface area contributed by atoms with Crippen molar-refractivity contribution in [3.8, 4) is 0 Å². The van der Waals surface area contributed by atoms with Gasteiger partial charge in [-0.3, -0.25) is 5.84 Å². The van der Waals surface area contributed by atoms with Gasteiger partial charge in [-0.05, 0) is 52.6 Å². The summed E-state index contributed by atoms with van der Waals surface area (Å²) in [5, 5.41) is 2.46. The largest absolute Gasteiger partial charge is 0.271 e. The van der Waals surface area contributed by atoms with Gasteiger partial charge in [-0.1, -0.05) is 58.4 Å². The summed E-state index contributed by atoms with van der Waals surface area (Å²) in [4.78, 5) is 0. The summed E-state index contributed by atoms with van der Waals surface area (Å²) in [7, 11) is 0. The van der Waals surface area contributed by atoms with Crippen LogP contribution in [0.5, 0.6) is 0 Å². The highest BCUT2D eigenvalue weighted by molar-refractivity contribution is 9.10.